The van der Waals surface area contributed by atoms with E-state index in [1.54, 1.807) is 0 Å². The first-order chi connectivity index (χ1) is 65.1. The molecule has 0 radical (unpaired) electrons. The highest BCUT2D eigenvalue weighted by Crippen LogP contribution is 2.53. The Morgan fingerprint density at radius 3 is 1.00 bits per heavy atom. The lowest BCUT2D eigenvalue weighted by molar-refractivity contribution is 0.661. The van der Waals surface area contributed by atoms with Crippen LogP contribution in [0, 0.1) is 0 Å². The van der Waals surface area contributed by atoms with E-state index in [0.29, 0.717) is 0 Å². The van der Waals surface area contributed by atoms with Crippen molar-refractivity contribution in [2.75, 3.05) is 0 Å². The molecule has 1 aliphatic rings. The van der Waals surface area contributed by atoms with E-state index in [1.165, 1.54) is 161 Å². The summed E-state index contributed by atoms with van der Waals surface area (Å²) in [5.74, 6) is 0. The predicted molar refractivity (Wildman–Crippen MR) is 557 cm³/mol. The van der Waals surface area contributed by atoms with E-state index >= 15 is 0 Å². The molecule has 0 spiro atoms. The third kappa shape index (κ3) is 10.8. The molecule has 0 aliphatic heterocycles. The maximum absolute atomic E-state index is 6.54. The van der Waals surface area contributed by atoms with Gasteiger partial charge < -0.3 is 31.5 Å². The van der Waals surface area contributed by atoms with Gasteiger partial charge in [-0.25, -0.2) is 0 Å². The molecule has 0 saturated heterocycles. The zero-order valence-corrected chi connectivity index (χ0v) is 73.2. The fraction of sp³-hybridized carbons (Fsp3) is 0.0244. The van der Waals surface area contributed by atoms with Crippen molar-refractivity contribution in [2.24, 2.45) is 0 Å². The van der Waals surface area contributed by atoms with E-state index in [2.05, 4.69) is 426 Å². The van der Waals surface area contributed by atoms with Crippen LogP contribution in [0.2, 0.25) is 0 Å². The minimum Gasteiger partial charge on any atom is -0.456 e. The number of hydrogen-bond acceptors (Lipinski definition) is 5. The first-order valence-electron chi connectivity index (χ1n) is 45.2. The molecule has 0 N–H and O–H groups in total. The normalized spacial score (nSPS) is 12.8. The summed E-state index contributed by atoms with van der Waals surface area (Å²) in [4.78, 5) is 0. The summed E-state index contributed by atoms with van der Waals surface area (Å²) in [5.41, 5.74) is 34.1. The molecule has 20 aromatic carbocycles. The largest absolute Gasteiger partial charge is 0.456 e. The average molecular weight is 1720 g/mol. The van der Waals surface area contributed by atoms with E-state index in [1.807, 2.05) is 40.9 Å². The Morgan fingerprint density at radius 2 is 0.515 bits per heavy atom. The van der Waals surface area contributed by atoms with Crippen LogP contribution in [0.1, 0.15) is 25.0 Å². The van der Waals surface area contributed by atoms with Crippen molar-refractivity contribution < 1.29 is 13.3 Å². The van der Waals surface area contributed by atoms with Crippen LogP contribution < -0.4 is 0 Å². The minimum absolute atomic E-state index is 0.0947. The molecule has 0 saturated carbocycles. The van der Waals surface area contributed by atoms with Gasteiger partial charge in [-0.15, -0.1) is 22.7 Å². The van der Waals surface area contributed by atoms with Crippen molar-refractivity contribution in [1.82, 2.24) is 18.3 Å². The van der Waals surface area contributed by atoms with Crippen molar-refractivity contribution in [3.8, 4) is 78.4 Å². The first kappa shape index (κ1) is 73.5. The van der Waals surface area contributed by atoms with Crippen molar-refractivity contribution in [3.05, 3.63) is 424 Å². The second kappa shape index (κ2) is 27.7. The summed E-state index contributed by atoms with van der Waals surface area (Å²) < 4.78 is 34.4. The zero-order chi connectivity index (χ0) is 86.5. The highest BCUT2D eigenvalue weighted by atomic mass is 32.1. The SMILES string of the molecule is CC1(C)c2ccccc2-c2cc3c4cc(-c5ccc6c(c5)c5cc7c(cc5n6-c5ccc(-c6cccc8c6sc6ccccc68)cc5)oc5ccccc57)ccc4n(-c4ccccc4)c3cc21.c1ccc(-n2c3ccc(-c4ccc5c(c4)c4cc6c(cc4n5-c4ccc(-c5ccc7sc8ccccc8c7c5)cc4)oc4ccccc46)cc3c3cc4c(cc32)oc2ccccc24)cc1. The standard InChI is InChI=1S/C63H40N2OS.C60H34N2O2S/c1-63(2)53-20-9-6-15-43(53)47-33-50-48-31-38(25-29-55(48)64(57(50)35-54(47)63)40-13-4-3-5-14-40)39-26-30-56-49(32-39)51-34-52-44-16-7-10-21-59(44)66-60(52)36-58(51)65(56)41-27-23-37(24-28-41)42-18-12-19-46-45-17-8-11-22-61(45)67-62(42)46;1-2-10-39(11-3-1)61-51-25-20-37(28-44(51)46-31-48-41-12-4-7-15-55(41)63-57(48)33-53(46)61)38-21-26-52-45(29-38)47-32-49-42-13-5-8-16-56(42)64-58(49)34-54(47)62(52)40-23-18-35(19-24-40)36-22-27-60-50(30-36)43-14-6-9-17-59(43)65-60/h3-36H,1-2H3;1-34H. The summed E-state index contributed by atoms with van der Waals surface area (Å²) in [7, 11) is 0. The van der Waals surface area contributed by atoms with Crippen LogP contribution in [-0.4, -0.2) is 18.3 Å². The molecule has 616 valence electrons. The molecule has 0 bridgehead atoms. The molecule has 9 heterocycles. The number of benzene rings is 20. The highest BCUT2D eigenvalue weighted by Gasteiger charge is 2.37. The summed E-state index contributed by atoms with van der Waals surface area (Å²) >= 11 is 3.73. The van der Waals surface area contributed by atoms with Gasteiger partial charge in [-0.3, -0.25) is 0 Å². The number of fused-ring (bicyclic) bond motifs is 30. The summed E-state index contributed by atoms with van der Waals surface area (Å²) in [5, 5.41) is 21.8. The van der Waals surface area contributed by atoms with E-state index in [-0.39, 0.29) is 5.41 Å². The van der Waals surface area contributed by atoms with Crippen molar-refractivity contribution >= 4 is 216 Å². The molecule has 0 amide bonds. The first-order valence-corrected chi connectivity index (χ1v) is 46.8. The Balaban J connectivity index is 0.000000129. The lowest BCUT2D eigenvalue weighted by Gasteiger charge is -2.21. The van der Waals surface area contributed by atoms with Crippen LogP contribution in [0.3, 0.4) is 0 Å². The van der Waals surface area contributed by atoms with Gasteiger partial charge in [0.1, 0.15) is 33.5 Å². The van der Waals surface area contributed by atoms with Gasteiger partial charge in [0.05, 0.1) is 44.1 Å². The molecule has 9 heteroatoms. The highest BCUT2D eigenvalue weighted by molar-refractivity contribution is 7.26. The Labute approximate surface area is 763 Å². The van der Waals surface area contributed by atoms with Crippen molar-refractivity contribution in [3.63, 3.8) is 0 Å². The number of para-hydroxylation sites is 5. The second-order valence-electron chi connectivity index (χ2n) is 36.1. The molecular formula is C123H74N4O3S2. The van der Waals surface area contributed by atoms with Crippen LogP contribution in [-0.2, 0) is 5.41 Å². The van der Waals surface area contributed by atoms with Crippen LogP contribution in [0.25, 0.3) is 272 Å². The number of rotatable bonds is 8. The third-order valence-corrected chi connectivity index (χ3v) is 31.0. The summed E-state index contributed by atoms with van der Waals surface area (Å²) in [6.07, 6.45) is 0. The fourth-order valence-corrected chi connectivity index (χ4v) is 24.7. The van der Waals surface area contributed by atoms with E-state index < -0.39 is 0 Å². The molecule has 0 atom stereocenters. The molecule has 0 unspecified atom stereocenters. The molecule has 29 aromatic rings. The van der Waals surface area contributed by atoms with Gasteiger partial charge in [-0.2, -0.15) is 0 Å². The molecule has 30 rings (SSSR count). The van der Waals surface area contributed by atoms with Gasteiger partial charge in [0.2, 0.25) is 0 Å². The molecule has 7 nitrogen and oxygen atoms in total. The molecule has 9 aromatic heterocycles. The van der Waals surface area contributed by atoms with Gasteiger partial charge in [0.25, 0.3) is 0 Å². The van der Waals surface area contributed by atoms with Crippen molar-refractivity contribution in [2.45, 2.75) is 19.3 Å². The number of thiophene rings is 2. The average Bonchev–Trinajstić information content (AvgIpc) is 1.52. The summed E-state index contributed by atoms with van der Waals surface area (Å²) in [6.45, 7) is 4.74. The maximum Gasteiger partial charge on any atom is 0.137 e. The molecular weight excluding hydrogens is 1650 g/mol. The smallest absolute Gasteiger partial charge is 0.137 e. The predicted octanol–water partition coefficient (Wildman–Crippen LogP) is 35.2. The van der Waals surface area contributed by atoms with Gasteiger partial charge in [0.15, 0.2) is 0 Å². The lowest BCUT2D eigenvalue weighted by atomic mass is 9.82. The zero-order valence-electron chi connectivity index (χ0n) is 71.6. The van der Waals surface area contributed by atoms with E-state index in [0.717, 1.165) is 122 Å². The minimum atomic E-state index is -0.0947. The Bertz CT molecular complexity index is 10000. The maximum atomic E-state index is 6.54. The number of furan rings is 3. The topological polar surface area (TPSA) is 59.1 Å². The number of hydrogen-bond donors (Lipinski definition) is 0. The van der Waals surface area contributed by atoms with Crippen molar-refractivity contribution in [1.29, 1.82) is 0 Å². The molecule has 132 heavy (non-hydrogen) atoms. The second-order valence-corrected chi connectivity index (χ2v) is 38.2. The van der Waals surface area contributed by atoms with Crippen LogP contribution in [0.4, 0.5) is 0 Å². The Kier molecular flexibility index (Phi) is 15.4. The Hall–Kier alpha value is -16.6. The van der Waals surface area contributed by atoms with Gasteiger partial charge in [-0.05, 0) is 237 Å². The van der Waals surface area contributed by atoms with Gasteiger partial charge >= 0.3 is 0 Å². The lowest BCUT2D eigenvalue weighted by Crippen LogP contribution is -2.14. The fourth-order valence-electron chi connectivity index (χ4n) is 22.4. The number of aromatic nitrogens is 4. The van der Waals surface area contributed by atoms with Gasteiger partial charge in [0, 0.05) is 162 Å². The van der Waals surface area contributed by atoms with Crippen LogP contribution in [0.5, 0.6) is 0 Å². The third-order valence-electron chi connectivity index (χ3n) is 28.6. The van der Waals surface area contributed by atoms with Gasteiger partial charge in [-0.1, -0.05) is 238 Å². The summed E-state index contributed by atoms with van der Waals surface area (Å²) in [6, 6.07) is 151. The quantitative estimate of drug-likeness (QED) is 0.152. The number of nitrogens with zero attached hydrogens (tertiary/aromatic N) is 4. The van der Waals surface area contributed by atoms with E-state index in [9.17, 15) is 0 Å². The monoisotopic (exact) mass is 1720 g/mol. The van der Waals surface area contributed by atoms with Crippen LogP contribution in [0.15, 0.2) is 426 Å². The van der Waals surface area contributed by atoms with Crippen LogP contribution >= 0.6 is 22.7 Å². The Morgan fingerprint density at radius 1 is 0.182 bits per heavy atom. The van der Waals surface area contributed by atoms with E-state index in [4.69, 9.17) is 13.3 Å². The molecule has 1 aliphatic carbocycles. The molecule has 0 fully saturated rings.